The zero-order chi connectivity index (χ0) is 13.3. The first-order valence-electron chi connectivity index (χ1n) is 5.55. The van der Waals surface area contributed by atoms with E-state index >= 15 is 0 Å². The third-order valence-electron chi connectivity index (χ3n) is 2.82. The molecule has 0 bridgehead atoms. The fraction of sp³-hybridized carbons (Fsp3) is 0.308. The van der Waals surface area contributed by atoms with Crippen LogP contribution < -0.4 is 4.74 Å². The average molecular weight is 313 g/mol. The maximum Gasteiger partial charge on any atom is 0.171 e. The minimum atomic E-state index is -0.267. The highest BCUT2D eigenvalue weighted by Crippen LogP contribution is 2.31. The monoisotopic (exact) mass is 312 g/mol. The van der Waals surface area contributed by atoms with Gasteiger partial charge in [-0.1, -0.05) is 15.9 Å². The summed E-state index contributed by atoms with van der Waals surface area (Å²) in [5.74, 6) is 1.11. The van der Waals surface area contributed by atoms with Crippen LogP contribution in [-0.2, 0) is 12.4 Å². The number of alkyl halides is 1. The van der Waals surface area contributed by atoms with Crippen LogP contribution in [0.5, 0.6) is 11.5 Å². The first-order chi connectivity index (χ1) is 8.52. The molecule has 18 heavy (non-hydrogen) atoms. The Morgan fingerprint density at radius 1 is 1.39 bits per heavy atom. The molecule has 2 rings (SSSR count). The largest absolute Gasteiger partial charge is 0.453 e. The number of rotatable bonds is 3. The van der Waals surface area contributed by atoms with Crippen LogP contribution in [0.1, 0.15) is 17.0 Å². The van der Waals surface area contributed by atoms with Crippen LogP contribution in [0.3, 0.4) is 0 Å². The lowest BCUT2D eigenvalue weighted by Gasteiger charge is -2.10. The summed E-state index contributed by atoms with van der Waals surface area (Å²) >= 11 is 3.33. The van der Waals surface area contributed by atoms with E-state index in [1.54, 1.807) is 10.7 Å². The highest BCUT2D eigenvalue weighted by Gasteiger charge is 2.13. The van der Waals surface area contributed by atoms with Crippen molar-refractivity contribution in [1.29, 1.82) is 0 Å². The van der Waals surface area contributed by atoms with Crippen LogP contribution >= 0.6 is 15.9 Å². The summed E-state index contributed by atoms with van der Waals surface area (Å²) < 4.78 is 20.8. The molecule has 0 aliphatic heterocycles. The molecule has 0 radical (unpaired) electrons. The molecule has 5 heteroatoms. The number of benzene rings is 1. The van der Waals surface area contributed by atoms with E-state index in [9.17, 15) is 4.39 Å². The Hall–Kier alpha value is -1.36. The molecule has 0 aliphatic carbocycles. The number of hydrogen-bond donors (Lipinski definition) is 0. The van der Waals surface area contributed by atoms with Gasteiger partial charge in [0.25, 0.3) is 0 Å². The summed E-state index contributed by atoms with van der Waals surface area (Å²) in [4.78, 5) is 0. The Morgan fingerprint density at radius 2 is 2.11 bits per heavy atom. The molecule has 2 aromatic rings. The number of halogens is 2. The molecule has 1 aromatic carbocycles. The van der Waals surface area contributed by atoms with Gasteiger partial charge in [0.1, 0.15) is 17.3 Å². The minimum absolute atomic E-state index is 0.267. The molecule has 0 atom stereocenters. The number of hydrogen-bond acceptors (Lipinski definition) is 2. The first kappa shape index (κ1) is 13.1. The number of aryl methyl sites for hydroxylation is 2. The average Bonchev–Trinajstić information content (AvgIpc) is 2.58. The zero-order valence-electron chi connectivity index (χ0n) is 10.5. The highest BCUT2D eigenvalue weighted by atomic mass is 79.9. The second kappa shape index (κ2) is 5.10. The van der Waals surface area contributed by atoms with E-state index in [0.29, 0.717) is 11.1 Å². The van der Waals surface area contributed by atoms with E-state index in [4.69, 9.17) is 4.74 Å². The van der Waals surface area contributed by atoms with E-state index in [1.165, 1.54) is 12.1 Å². The van der Waals surface area contributed by atoms with Crippen LogP contribution in [0.4, 0.5) is 4.39 Å². The lowest BCUT2D eigenvalue weighted by Crippen LogP contribution is -1.94. The van der Waals surface area contributed by atoms with Gasteiger partial charge < -0.3 is 4.74 Å². The van der Waals surface area contributed by atoms with Crippen molar-refractivity contribution in [2.24, 2.45) is 7.05 Å². The van der Waals surface area contributed by atoms with Gasteiger partial charge in [0.15, 0.2) is 5.75 Å². The maximum absolute atomic E-state index is 13.1. The molecule has 1 aromatic heterocycles. The van der Waals surface area contributed by atoms with Gasteiger partial charge in [0.2, 0.25) is 0 Å². The minimum Gasteiger partial charge on any atom is -0.453 e. The quantitative estimate of drug-likeness (QED) is 0.805. The molecule has 1 heterocycles. The van der Waals surface area contributed by atoms with E-state index in [2.05, 4.69) is 21.0 Å². The molecular weight excluding hydrogens is 299 g/mol. The number of ether oxygens (including phenoxy) is 1. The predicted octanol–water partition coefficient (Wildman–Crippen LogP) is 3.86. The Balaban J connectivity index is 2.39. The van der Waals surface area contributed by atoms with Gasteiger partial charge in [-0.2, -0.15) is 5.10 Å². The maximum atomic E-state index is 13.1. The Labute approximate surface area is 114 Å². The summed E-state index contributed by atoms with van der Waals surface area (Å²) in [6.45, 7) is 3.83. The number of aromatic nitrogens is 2. The topological polar surface area (TPSA) is 27.1 Å². The Kier molecular flexibility index (Phi) is 3.71. The van der Waals surface area contributed by atoms with Gasteiger partial charge in [-0.05, 0) is 32.0 Å². The molecule has 3 nitrogen and oxygen atoms in total. The molecule has 0 saturated carbocycles. The van der Waals surface area contributed by atoms with Crippen molar-refractivity contribution in [3.05, 3.63) is 41.0 Å². The third-order valence-corrected chi connectivity index (χ3v) is 3.43. The Morgan fingerprint density at radius 3 is 2.67 bits per heavy atom. The summed E-state index contributed by atoms with van der Waals surface area (Å²) in [6.07, 6.45) is 0. The molecule has 0 saturated heterocycles. The molecular formula is C13H14BrFN2O. The molecule has 0 amide bonds. The van der Waals surface area contributed by atoms with Crippen molar-refractivity contribution in [1.82, 2.24) is 9.78 Å². The molecule has 0 spiro atoms. The lowest BCUT2D eigenvalue weighted by molar-refractivity contribution is 0.468. The van der Waals surface area contributed by atoms with Gasteiger partial charge in [-0.3, -0.25) is 4.68 Å². The van der Waals surface area contributed by atoms with Gasteiger partial charge in [-0.25, -0.2) is 4.39 Å². The second-order valence-corrected chi connectivity index (χ2v) is 4.67. The SMILES string of the molecule is Cc1nn(C)c(C)c1Oc1ccc(F)cc1CBr. The normalized spacial score (nSPS) is 10.7. The molecule has 0 aliphatic rings. The fourth-order valence-electron chi connectivity index (χ4n) is 1.76. The highest BCUT2D eigenvalue weighted by molar-refractivity contribution is 9.08. The van der Waals surface area contributed by atoms with E-state index < -0.39 is 0 Å². The van der Waals surface area contributed by atoms with Crippen molar-refractivity contribution in [3.8, 4) is 11.5 Å². The van der Waals surface area contributed by atoms with E-state index in [0.717, 1.165) is 22.7 Å². The third kappa shape index (κ3) is 2.41. The van der Waals surface area contributed by atoms with Gasteiger partial charge in [0.05, 0.1) is 5.69 Å². The van der Waals surface area contributed by atoms with Crippen LogP contribution in [0.15, 0.2) is 18.2 Å². The van der Waals surface area contributed by atoms with E-state index in [-0.39, 0.29) is 5.82 Å². The smallest absolute Gasteiger partial charge is 0.171 e. The lowest BCUT2D eigenvalue weighted by atomic mass is 10.2. The predicted molar refractivity (Wildman–Crippen MR) is 71.8 cm³/mol. The van der Waals surface area contributed by atoms with Crippen molar-refractivity contribution in [2.75, 3.05) is 0 Å². The molecule has 0 unspecified atom stereocenters. The van der Waals surface area contributed by atoms with Crippen molar-refractivity contribution < 1.29 is 9.13 Å². The van der Waals surface area contributed by atoms with Crippen molar-refractivity contribution >= 4 is 15.9 Å². The molecule has 0 N–H and O–H groups in total. The summed E-state index contributed by atoms with van der Waals surface area (Å²) in [6, 6.07) is 4.49. The van der Waals surface area contributed by atoms with Crippen LogP contribution in [0.25, 0.3) is 0 Å². The van der Waals surface area contributed by atoms with Crippen molar-refractivity contribution in [3.63, 3.8) is 0 Å². The van der Waals surface area contributed by atoms with Gasteiger partial charge in [0, 0.05) is 17.9 Å². The second-order valence-electron chi connectivity index (χ2n) is 4.11. The fourth-order valence-corrected chi connectivity index (χ4v) is 2.20. The standard InChI is InChI=1S/C13H14BrFN2O/c1-8-13(9(2)17(3)16-8)18-12-5-4-11(15)6-10(12)7-14/h4-6H,7H2,1-3H3. The summed E-state index contributed by atoms with van der Waals surface area (Å²) in [7, 11) is 1.87. The van der Waals surface area contributed by atoms with E-state index in [1.807, 2.05) is 20.9 Å². The summed E-state index contributed by atoms with van der Waals surface area (Å²) in [5, 5.41) is 4.83. The van der Waals surface area contributed by atoms with Gasteiger partial charge >= 0.3 is 0 Å². The Bertz CT molecular complexity index is 581. The summed E-state index contributed by atoms with van der Waals surface area (Å²) in [5.41, 5.74) is 2.54. The van der Waals surface area contributed by atoms with Crippen LogP contribution in [0, 0.1) is 19.7 Å². The van der Waals surface area contributed by atoms with Gasteiger partial charge in [-0.15, -0.1) is 0 Å². The molecule has 0 fully saturated rings. The van der Waals surface area contributed by atoms with Crippen molar-refractivity contribution in [2.45, 2.75) is 19.2 Å². The first-order valence-corrected chi connectivity index (χ1v) is 6.67. The van der Waals surface area contributed by atoms with Crippen LogP contribution in [-0.4, -0.2) is 9.78 Å². The number of nitrogens with zero attached hydrogens (tertiary/aromatic N) is 2. The molecule has 96 valence electrons. The zero-order valence-corrected chi connectivity index (χ0v) is 12.1. The van der Waals surface area contributed by atoms with Crippen LogP contribution in [0.2, 0.25) is 0 Å².